The summed E-state index contributed by atoms with van der Waals surface area (Å²) in [5.74, 6) is 1.73. The number of pyridine rings is 1. The number of para-hydroxylation sites is 1. The molecule has 227 valence electrons. The number of nitrogens with zero attached hydrogens (tertiary/aromatic N) is 3. The van der Waals surface area contributed by atoms with E-state index >= 15 is 0 Å². The summed E-state index contributed by atoms with van der Waals surface area (Å²) in [4.78, 5) is 9.60. The number of hydrogen-bond acceptors (Lipinski definition) is 2. The zero-order valence-electron chi connectivity index (χ0n) is 26.7. The van der Waals surface area contributed by atoms with Crippen LogP contribution >= 0.6 is 0 Å². The number of allylic oxidation sites excluding steroid dienone is 2. The van der Waals surface area contributed by atoms with E-state index in [4.69, 9.17) is 4.98 Å². The molecule has 0 unspecified atom stereocenters. The summed E-state index contributed by atoms with van der Waals surface area (Å²) >= 11 is 0. The van der Waals surface area contributed by atoms with Crippen LogP contribution in [0, 0.1) is 18.1 Å². The fraction of sp³-hybridized carbons (Fsp3) is 0.350. The second-order valence-corrected chi connectivity index (χ2v) is 14.1. The van der Waals surface area contributed by atoms with E-state index < -0.39 is 0 Å². The Morgan fingerprint density at radius 2 is 1.50 bits per heavy atom. The Labute approximate surface area is 276 Å². The monoisotopic (exact) mass is 756 g/mol. The second kappa shape index (κ2) is 11.2. The van der Waals surface area contributed by atoms with Crippen LogP contribution in [0.25, 0.3) is 39.3 Å². The minimum Gasteiger partial charge on any atom is -0.355 e. The van der Waals surface area contributed by atoms with Crippen molar-refractivity contribution in [2.75, 3.05) is 0 Å². The van der Waals surface area contributed by atoms with Crippen molar-refractivity contribution in [3.63, 3.8) is 0 Å². The Morgan fingerprint density at radius 3 is 2.25 bits per heavy atom. The number of fused-ring (bicyclic) bond motifs is 3. The van der Waals surface area contributed by atoms with E-state index in [9.17, 15) is 0 Å². The third kappa shape index (κ3) is 4.73. The molecule has 8 rings (SSSR count). The summed E-state index contributed by atoms with van der Waals surface area (Å²) in [6, 6.07) is 32.0. The molecular weight excluding hydrogens is 715 g/mol. The third-order valence-electron chi connectivity index (χ3n) is 10.6. The van der Waals surface area contributed by atoms with Gasteiger partial charge in [-0.2, -0.15) is 0 Å². The van der Waals surface area contributed by atoms with Crippen molar-refractivity contribution in [3.8, 4) is 22.6 Å². The Hall–Kier alpha value is -3.33. The van der Waals surface area contributed by atoms with E-state index in [0.29, 0.717) is 5.92 Å². The fourth-order valence-electron chi connectivity index (χ4n) is 7.67. The predicted molar refractivity (Wildman–Crippen MR) is 178 cm³/mol. The second-order valence-electron chi connectivity index (χ2n) is 14.1. The first-order valence-corrected chi connectivity index (χ1v) is 15.8. The predicted octanol–water partition coefficient (Wildman–Crippen LogP) is 9.94. The Morgan fingerprint density at radius 1 is 0.773 bits per heavy atom. The van der Waals surface area contributed by atoms with E-state index in [1.807, 2.05) is 30.5 Å². The Balaban J connectivity index is 0.000000161. The van der Waals surface area contributed by atoms with Crippen LogP contribution in [0.5, 0.6) is 0 Å². The van der Waals surface area contributed by atoms with Crippen LogP contribution in [-0.4, -0.2) is 14.5 Å². The molecule has 2 aliphatic carbocycles. The van der Waals surface area contributed by atoms with Gasteiger partial charge in [-0.1, -0.05) is 70.4 Å². The van der Waals surface area contributed by atoms with Gasteiger partial charge in [-0.05, 0) is 66.8 Å². The van der Waals surface area contributed by atoms with Crippen LogP contribution in [0.15, 0.2) is 85.1 Å². The average molecular weight is 756 g/mol. The van der Waals surface area contributed by atoms with Gasteiger partial charge in [0.05, 0.1) is 22.4 Å². The van der Waals surface area contributed by atoms with Gasteiger partial charge in [-0.25, -0.2) is 0 Å². The molecule has 5 aromatic rings. The first-order valence-electron chi connectivity index (χ1n) is 15.8. The van der Waals surface area contributed by atoms with E-state index in [1.165, 1.54) is 47.9 Å². The maximum absolute atomic E-state index is 5.01. The van der Waals surface area contributed by atoms with Gasteiger partial charge in [0.2, 0.25) is 0 Å². The minimum atomic E-state index is -0.0833. The maximum atomic E-state index is 5.01. The normalized spacial score (nSPS) is 18.7. The van der Waals surface area contributed by atoms with Crippen LogP contribution in [0.1, 0.15) is 83.9 Å². The van der Waals surface area contributed by atoms with Gasteiger partial charge in [0.1, 0.15) is 0 Å². The first-order chi connectivity index (χ1) is 20.6. The van der Waals surface area contributed by atoms with E-state index in [1.54, 1.807) is 5.57 Å². The Bertz CT molecular complexity index is 1800. The molecule has 3 nitrogen and oxygen atoms in total. The van der Waals surface area contributed by atoms with Crippen LogP contribution in [0.3, 0.4) is 0 Å². The zero-order valence-corrected chi connectivity index (χ0v) is 29.1. The molecule has 3 aliphatic rings. The maximum Gasteiger partial charge on any atom is 0.0777 e. The van der Waals surface area contributed by atoms with Crippen LogP contribution in [0.2, 0.25) is 0 Å². The van der Waals surface area contributed by atoms with Crippen molar-refractivity contribution in [3.05, 3.63) is 114 Å². The van der Waals surface area contributed by atoms with Gasteiger partial charge < -0.3 is 9.55 Å². The van der Waals surface area contributed by atoms with Crippen molar-refractivity contribution >= 4 is 16.6 Å². The van der Waals surface area contributed by atoms with Gasteiger partial charge in [-0.3, -0.25) is 4.98 Å². The van der Waals surface area contributed by atoms with Crippen LogP contribution in [-0.2, 0) is 36.5 Å². The van der Waals surface area contributed by atoms with Crippen LogP contribution in [0.4, 0.5) is 0 Å². The molecule has 2 aromatic heterocycles. The van der Waals surface area contributed by atoms with Gasteiger partial charge in [0.15, 0.2) is 0 Å². The molecule has 0 saturated heterocycles. The first kappa shape index (κ1) is 30.7. The average Bonchev–Trinajstić information content (AvgIpc) is 3.69. The quantitative estimate of drug-likeness (QED) is 0.168. The number of hydrogen-bond donors (Lipinski definition) is 0. The van der Waals surface area contributed by atoms with Crippen molar-refractivity contribution in [1.29, 1.82) is 0 Å². The molecule has 3 aromatic carbocycles. The summed E-state index contributed by atoms with van der Waals surface area (Å²) < 4.78 is 2.42. The number of benzene rings is 3. The van der Waals surface area contributed by atoms with E-state index in [2.05, 4.69) is 118 Å². The summed E-state index contributed by atoms with van der Waals surface area (Å²) in [6.07, 6.45) is 9.75. The zero-order chi connectivity index (χ0) is 30.0. The molecule has 1 fully saturated rings. The molecule has 0 bridgehead atoms. The molecule has 0 N–H and O–H groups in total. The summed E-state index contributed by atoms with van der Waals surface area (Å²) in [5.41, 5.74) is 11.4. The molecule has 1 saturated carbocycles. The van der Waals surface area contributed by atoms with Crippen LogP contribution < -0.4 is 0 Å². The number of aromatic nitrogens is 3. The van der Waals surface area contributed by atoms with E-state index in [0.717, 1.165) is 28.2 Å². The van der Waals surface area contributed by atoms with Crippen molar-refractivity contribution in [2.24, 2.45) is 5.92 Å². The minimum absolute atomic E-state index is 0. The smallest absolute Gasteiger partial charge is 0.0777 e. The molecule has 3 heterocycles. The summed E-state index contributed by atoms with van der Waals surface area (Å²) in [5, 5.41) is 0. The van der Waals surface area contributed by atoms with Crippen molar-refractivity contribution in [1.82, 2.24) is 14.5 Å². The molecule has 4 heteroatoms. The molecule has 0 atom stereocenters. The summed E-state index contributed by atoms with van der Waals surface area (Å²) in [6.45, 7) is 13.9. The summed E-state index contributed by atoms with van der Waals surface area (Å²) in [7, 11) is 0. The standard InChI is InChI=1S/C23H23N2.C17H18N.Ir/c1-23(2)15-19(16-9-6-7-10-16)18-13-8-14-20-21(18)25(23)22(24-20)17-11-4-3-5-12-17;1-16(2)13-9-6-5-8-12(13)15-14(17(16,3)4)10-7-11-18-15;/h3-5,8,11,13-16H,6-7,9-10H2,1-2H3;5-7,9-11H,1-4H3;/q2*-1;. The van der Waals surface area contributed by atoms with E-state index in [-0.39, 0.29) is 36.5 Å². The third-order valence-corrected chi connectivity index (χ3v) is 10.6. The number of rotatable bonds is 2. The van der Waals surface area contributed by atoms with Gasteiger partial charge in [0.25, 0.3) is 0 Å². The molecule has 1 aliphatic heterocycles. The molecule has 0 spiro atoms. The van der Waals surface area contributed by atoms with Gasteiger partial charge in [0, 0.05) is 31.9 Å². The topological polar surface area (TPSA) is 30.7 Å². The van der Waals surface area contributed by atoms with Crippen molar-refractivity contribution < 1.29 is 20.1 Å². The fourth-order valence-corrected chi connectivity index (χ4v) is 7.67. The Kier molecular flexibility index (Phi) is 7.83. The molecule has 44 heavy (non-hydrogen) atoms. The van der Waals surface area contributed by atoms with Gasteiger partial charge in [-0.15, -0.1) is 71.3 Å². The SMILES string of the molecule is CC1(C)C=C(C2CCCC2)c2cccc3nc(-c4[c-]cccc4)n1c23.CC1(C)c2ccc[c-]c2-c2ncccc2C1(C)C.[Ir]. The molecule has 1 radical (unpaired) electrons. The van der Waals surface area contributed by atoms with Crippen molar-refractivity contribution in [2.45, 2.75) is 83.6 Å². The van der Waals surface area contributed by atoms with Gasteiger partial charge >= 0.3 is 0 Å². The number of imidazole rings is 1. The molecule has 0 amide bonds. The largest absolute Gasteiger partial charge is 0.355 e. The molecular formula is C40H41IrN3-2.